The van der Waals surface area contributed by atoms with Gasteiger partial charge in [0.1, 0.15) is 11.5 Å². The van der Waals surface area contributed by atoms with E-state index in [9.17, 15) is 18.8 Å². The minimum absolute atomic E-state index is 0.0462. The lowest BCUT2D eigenvalue weighted by molar-refractivity contribution is 0.0949. The normalized spacial score (nSPS) is 13.0. The van der Waals surface area contributed by atoms with Gasteiger partial charge in [-0.25, -0.2) is 4.39 Å². The molecule has 0 aliphatic heterocycles. The Kier molecular flexibility index (Phi) is 5.61. The SMILES string of the molecule is Cc1ccc(C(=O)NC2CC2)cc1NC(=O)c1ccc(=O)n(-c2c(F)cccc2Cl)c1. The number of aryl methyl sites for hydroxylation is 1. The Labute approximate surface area is 182 Å². The van der Waals surface area contributed by atoms with Crippen molar-refractivity contribution in [2.75, 3.05) is 5.32 Å². The van der Waals surface area contributed by atoms with Gasteiger partial charge in [0.25, 0.3) is 17.4 Å². The van der Waals surface area contributed by atoms with Crippen LogP contribution in [0.15, 0.2) is 59.5 Å². The summed E-state index contributed by atoms with van der Waals surface area (Å²) in [5.41, 5.74) is 1.15. The van der Waals surface area contributed by atoms with E-state index in [1.165, 1.54) is 36.5 Å². The second kappa shape index (κ2) is 8.35. The van der Waals surface area contributed by atoms with Crippen LogP contribution in [0, 0.1) is 12.7 Å². The van der Waals surface area contributed by atoms with Crippen LogP contribution in [0.4, 0.5) is 10.1 Å². The third-order valence-electron chi connectivity index (χ3n) is 5.01. The van der Waals surface area contributed by atoms with Crippen molar-refractivity contribution in [1.82, 2.24) is 9.88 Å². The lowest BCUT2D eigenvalue weighted by Gasteiger charge is -2.13. The number of rotatable bonds is 5. The van der Waals surface area contributed by atoms with Crippen molar-refractivity contribution in [1.29, 1.82) is 0 Å². The quantitative estimate of drug-likeness (QED) is 0.628. The smallest absolute Gasteiger partial charge is 0.257 e. The maximum atomic E-state index is 14.3. The van der Waals surface area contributed by atoms with Gasteiger partial charge in [-0.05, 0) is 55.7 Å². The minimum Gasteiger partial charge on any atom is -0.349 e. The molecule has 2 aromatic carbocycles. The average Bonchev–Trinajstić information content (AvgIpc) is 3.54. The Bertz CT molecular complexity index is 1230. The van der Waals surface area contributed by atoms with E-state index in [1.807, 2.05) is 0 Å². The fourth-order valence-electron chi connectivity index (χ4n) is 3.10. The van der Waals surface area contributed by atoms with Gasteiger partial charge in [0.2, 0.25) is 0 Å². The van der Waals surface area contributed by atoms with Crippen LogP contribution < -0.4 is 16.2 Å². The van der Waals surface area contributed by atoms with E-state index in [0.29, 0.717) is 11.3 Å². The van der Waals surface area contributed by atoms with E-state index >= 15 is 0 Å². The maximum absolute atomic E-state index is 14.3. The zero-order valence-electron chi connectivity index (χ0n) is 16.6. The van der Waals surface area contributed by atoms with Gasteiger partial charge in [-0.2, -0.15) is 0 Å². The van der Waals surface area contributed by atoms with Gasteiger partial charge in [0, 0.05) is 29.6 Å². The van der Waals surface area contributed by atoms with E-state index in [4.69, 9.17) is 11.6 Å². The lowest BCUT2D eigenvalue weighted by Crippen LogP contribution is -2.25. The molecule has 0 bridgehead atoms. The predicted octanol–water partition coefficient (Wildman–Crippen LogP) is 4.08. The van der Waals surface area contributed by atoms with E-state index in [2.05, 4.69) is 10.6 Å². The minimum atomic E-state index is -0.683. The number of hydrogen-bond donors (Lipinski definition) is 2. The highest BCUT2D eigenvalue weighted by atomic mass is 35.5. The number of carbonyl (C=O) groups is 2. The largest absolute Gasteiger partial charge is 0.349 e. The van der Waals surface area contributed by atoms with E-state index < -0.39 is 17.3 Å². The van der Waals surface area contributed by atoms with E-state index in [1.54, 1.807) is 25.1 Å². The number of pyridine rings is 1. The molecule has 4 rings (SSSR count). The summed E-state index contributed by atoms with van der Waals surface area (Å²) in [6.07, 6.45) is 3.19. The second-order valence-corrected chi connectivity index (χ2v) is 7.84. The fraction of sp³-hybridized carbons (Fsp3) is 0.174. The number of aromatic nitrogens is 1. The molecule has 31 heavy (non-hydrogen) atoms. The highest BCUT2D eigenvalue weighted by molar-refractivity contribution is 6.32. The van der Waals surface area contributed by atoms with E-state index in [0.717, 1.165) is 23.0 Å². The Morgan fingerprint density at radius 1 is 1.06 bits per heavy atom. The van der Waals surface area contributed by atoms with Gasteiger partial charge >= 0.3 is 0 Å². The molecule has 0 radical (unpaired) electrons. The first kappa shape index (κ1) is 20.8. The highest BCUT2D eigenvalue weighted by Crippen LogP contribution is 2.24. The van der Waals surface area contributed by atoms with Crippen molar-refractivity contribution in [3.8, 4) is 5.69 Å². The highest BCUT2D eigenvalue weighted by Gasteiger charge is 2.24. The first-order chi connectivity index (χ1) is 14.8. The van der Waals surface area contributed by atoms with Crippen LogP contribution in [0.25, 0.3) is 5.69 Å². The summed E-state index contributed by atoms with van der Waals surface area (Å²) < 4.78 is 15.3. The van der Waals surface area contributed by atoms with Crippen LogP contribution >= 0.6 is 11.6 Å². The van der Waals surface area contributed by atoms with Gasteiger partial charge in [-0.1, -0.05) is 23.7 Å². The van der Waals surface area contributed by atoms with Crippen LogP contribution in [0.5, 0.6) is 0 Å². The second-order valence-electron chi connectivity index (χ2n) is 7.43. The number of carbonyl (C=O) groups excluding carboxylic acids is 2. The van der Waals surface area contributed by atoms with Gasteiger partial charge < -0.3 is 10.6 Å². The van der Waals surface area contributed by atoms with Crippen molar-refractivity contribution in [2.45, 2.75) is 25.8 Å². The molecule has 3 aromatic rings. The molecule has 1 fully saturated rings. The Morgan fingerprint density at radius 3 is 2.52 bits per heavy atom. The monoisotopic (exact) mass is 439 g/mol. The van der Waals surface area contributed by atoms with Crippen LogP contribution in [0.2, 0.25) is 5.02 Å². The standard InChI is InChI=1S/C23H19ClFN3O3/c1-13-5-6-14(22(30)26-16-8-9-16)11-19(13)27-23(31)15-7-10-20(29)28(12-15)21-17(24)3-2-4-18(21)25/h2-7,10-12,16H,8-9H2,1H3,(H,26,30)(H,27,31). The zero-order chi connectivity index (χ0) is 22.1. The molecule has 8 heteroatoms. The number of amides is 2. The lowest BCUT2D eigenvalue weighted by atomic mass is 10.1. The number of halogens is 2. The molecule has 0 atom stereocenters. The molecule has 0 spiro atoms. The Balaban J connectivity index is 1.62. The summed E-state index contributed by atoms with van der Waals surface area (Å²) >= 11 is 6.07. The molecule has 6 nitrogen and oxygen atoms in total. The first-order valence-corrected chi connectivity index (χ1v) is 10.1. The van der Waals surface area contributed by atoms with Crippen LogP contribution in [-0.2, 0) is 0 Å². The number of nitrogens with one attached hydrogen (secondary N) is 2. The molecule has 1 heterocycles. The topological polar surface area (TPSA) is 80.2 Å². The summed E-state index contributed by atoms with van der Waals surface area (Å²) in [4.78, 5) is 37.4. The first-order valence-electron chi connectivity index (χ1n) is 9.73. The number of anilines is 1. The van der Waals surface area contributed by atoms with Crippen molar-refractivity contribution >= 4 is 29.1 Å². The molecule has 1 aromatic heterocycles. The van der Waals surface area contributed by atoms with Crippen LogP contribution in [-0.4, -0.2) is 22.4 Å². The fourth-order valence-corrected chi connectivity index (χ4v) is 3.36. The van der Waals surface area contributed by atoms with Gasteiger partial charge in [0.05, 0.1) is 10.6 Å². The average molecular weight is 440 g/mol. The molecule has 2 N–H and O–H groups in total. The van der Waals surface area contributed by atoms with Crippen LogP contribution in [0.1, 0.15) is 39.1 Å². The molecule has 158 valence electrons. The summed E-state index contributed by atoms with van der Waals surface area (Å²) in [6.45, 7) is 1.80. The molecule has 1 aliphatic carbocycles. The third kappa shape index (κ3) is 4.51. The van der Waals surface area contributed by atoms with Gasteiger partial charge in [-0.3, -0.25) is 19.0 Å². The van der Waals surface area contributed by atoms with Gasteiger partial charge in [-0.15, -0.1) is 0 Å². The van der Waals surface area contributed by atoms with Crippen molar-refractivity contribution in [2.24, 2.45) is 0 Å². The summed E-state index contributed by atoms with van der Waals surface area (Å²) in [5.74, 6) is -1.39. The number of nitrogens with zero attached hydrogens (tertiary/aromatic N) is 1. The Morgan fingerprint density at radius 2 is 1.81 bits per heavy atom. The molecular formula is C23H19ClFN3O3. The number of para-hydroxylation sites is 1. The van der Waals surface area contributed by atoms with Crippen molar-refractivity contribution in [3.05, 3.63) is 92.6 Å². The molecule has 2 amide bonds. The summed E-state index contributed by atoms with van der Waals surface area (Å²) in [5, 5.41) is 5.71. The maximum Gasteiger partial charge on any atom is 0.257 e. The van der Waals surface area contributed by atoms with E-state index in [-0.39, 0.29) is 28.2 Å². The predicted molar refractivity (Wildman–Crippen MR) is 117 cm³/mol. The van der Waals surface area contributed by atoms with Gasteiger partial charge in [0.15, 0.2) is 0 Å². The number of benzene rings is 2. The molecule has 0 saturated heterocycles. The van der Waals surface area contributed by atoms with Crippen molar-refractivity contribution in [3.63, 3.8) is 0 Å². The molecular weight excluding hydrogens is 421 g/mol. The molecule has 1 saturated carbocycles. The molecule has 0 unspecified atom stereocenters. The number of hydrogen-bond acceptors (Lipinski definition) is 3. The molecule has 1 aliphatic rings. The summed E-state index contributed by atoms with van der Waals surface area (Å²) in [7, 11) is 0. The Hall–Kier alpha value is -3.45. The van der Waals surface area contributed by atoms with Crippen LogP contribution in [0.3, 0.4) is 0 Å². The summed E-state index contributed by atoms with van der Waals surface area (Å²) in [6, 6.07) is 11.9. The third-order valence-corrected chi connectivity index (χ3v) is 5.32. The zero-order valence-corrected chi connectivity index (χ0v) is 17.4. The van der Waals surface area contributed by atoms with Crippen molar-refractivity contribution < 1.29 is 14.0 Å².